The summed E-state index contributed by atoms with van der Waals surface area (Å²) in [6, 6.07) is 10.3. The van der Waals surface area contributed by atoms with Gasteiger partial charge in [-0.3, -0.25) is 4.79 Å². The summed E-state index contributed by atoms with van der Waals surface area (Å²) in [4.78, 5) is 23.7. The zero-order valence-corrected chi connectivity index (χ0v) is 14.1. The summed E-state index contributed by atoms with van der Waals surface area (Å²) in [5, 5.41) is 2.62. The van der Waals surface area contributed by atoms with Gasteiger partial charge in [-0.15, -0.1) is 0 Å². The lowest BCUT2D eigenvalue weighted by molar-refractivity contribution is -0.142. The molecule has 0 saturated heterocycles. The number of hydrogen-bond acceptors (Lipinski definition) is 7. The molecule has 0 unspecified atom stereocenters. The van der Waals surface area contributed by atoms with Crippen molar-refractivity contribution in [1.29, 1.82) is 0 Å². The van der Waals surface area contributed by atoms with Gasteiger partial charge in [0.05, 0.1) is 0 Å². The number of amides is 1. The van der Waals surface area contributed by atoms with E-state index in [9.17, 15) is 9.59 Å². The fraction of sp³-hybridized carbons (Fsp3) is 0.158. The van der Waals surface area contributed by atoms with Gasteiger partial charge in [0.1, 0.15) is 0 Å². The van der Waals surface area contributed by atoms with E-state index in [0.717, 1.165) is 5.56 Å². The topological polar surface area (TPSA) is 92.3 Å². The second kappa shape index (κ2) is 7.28. The molecule has 2 aliphatic rings. The van der Waals surface area contributed by atoms with Crippen molar-refractivity contribution in [2.45, 2.75) is 0 Å². The van der Waals surface area contributed by atoms with E-state index in [0.29, 0.717) is 28.7 Å². The van der Waals surface area contributed by atoms with Crippen LogP contribution in [0.15, 0.2) is 42.5 Å². The highest BCUT2D eigenvalue weighted by molar-refractivity contribution is 5.94. The number of hydrogen-bond donors (Lipinski definition) is 1. The number of carbonyl (C=O) groups is 2. The Balaban J connectivity index is 1.27. The molecule has 0 aliphatic carbocycles. The summed E-state index contributed by atoms with van der Waals surface area (Å²) in [5.41, 5.74) is 1.28. The van der Waals surface area contributed by atoms with Gasteiger partial charge in [0.2, 0.25) is 13.6 Å². The first kappa shape index (κ1) is 16.8. The Morgan fingerprint density at radius 1 is 0.926 bits per heavy atom. The molecule has 0 bridgehead atoms. The molecular formula is C19H15NO7. The first-order valence-corrected chi connectivity index (χ1v) is 8.11. The molecule has 0 spiro atoms. The third-order valence-electron chi connectivity index (χ3n) is 3.81. The summed E-state index contributed by atoms with van der Waals surface area (Å²) in [6.45, 7) is -0.0676. The van der Waals surface area contributed by atoms with Gasteiger partial charge in [0.15, 0.2) is 29.6 Å². The molecule has 0 aromatic heterocycles. The molecule has 138 valence electrons. The van der Waals surface area contributed by atoms with E-state index in [4.69, 9.17) is 23.7 Å². The minimum Gasteiger partial charge on any atom is -0.454 e. The van der Waals surface area contributed by atoms with Gasteiger partial charge in [-0.1, -0.05) is 6.07 Å². The average Bonchev–Trinajstić information content (AvgIpc) is 3.32. The van der Waals surface area contributed by atoms with Crippen LogP contribution in [-0.2, 0) is 14.3 Å². The monoisotopic (exact) mass is 369 g/mol. The number of anilines is 1. The summed E-state index contributed by atoms with van der Waals surface area (Å²) >= 11 is 0. The van der Waals surface area contributed by atoms with Gasteiger partial charge >= 0.3 is 5.97 Å². The molecule has 4 rings (SSSR count). The van der Waals surface area contributed by atoms with Crippen molar-refractivity contribution in [3.8, 4) is 23.0 Å². The Bertz CT molecular complexity index is 922. The Labute approximate surface area is 154 Å². The standard InChI is InChI=1S/C19H15NO7/c21-18(20-13-3-5-15-17(8-13)27-11-25-15)9-23-19(22)6-2-12-1-4-14-16(7-12)26-10-24-14/h1-8H,9-11H2,(H,20,21)/b6-2+. The number of nitrogens with one attached hydrogen (secondary N) is 1. The molecule has 2 aromatic carbocycles. The fourth-order valence-electron chi connectivity index (χ4n) is 2.54. The van der Waals surface area contributed by atoms with Crippen LogP contribution >= 0.6 is 0 Å². The van der Waals surface area contributed by atoms with Crippen LogP contribution < -0.4 is 24.3 Å². The molecule has 27 heavy (non-hydrogen) atoms. The van der Waals surface area contributed by atoms with Crippen LogP contribution in [0.1, 0.15) is 5.56 Å². The lowest BCUT2D eigenvalue weighted by Crippen LogP contribution is -2.20. The maximum Gasteiger partial charge on any atom is 0.331 e. The number of esters is 1. The van der Waals surface area contributed by atoms with Crippen molar-refractivity contribution >= 4 is 23.6 Å². The van der Waals surface area contributed by atoms with Crippen LogP contribution in [0.25, 0.3) is 6.08 Å². The van der Waals surface area contributed by atoms with E-state index in [2.05, 4.69) is 5.32 Å². The molecule has 1 amide bonds. The van der Waals surface area contributed by atoms with Gasteiger partial charge in [-0.25, -0.2) is 4.79 Å². The van der Waals surface area contributed by atoms with E-state index in [1.54, 1.807) is 42.5 Å². The lowest BCUT2D eigenvalue weighted by atomic mass is 10.2. The molecule has 2 heterocycles. The summed E-state index contributed by atoms with van der Waals surface area (Å²) in [7, 11) is 0. The molecule has 0 atom stereocenters. The highest BCUT2D eigenvalue weighted by atomic mass is 16.7. The zero-order valence-electron chi connectivity index (χ0n) is 14.1. The van der Waals surface area contributed by atoms with Gasteiger partial charge in [-0.2, -0.15) is 0 Å². The molecule has 2 aromatic rings. The molecule has 2 aliphatic heterocycles. The van der Waals surface area contributed by atoms with E-state index in [1.807, 2.05) is 0 Å². The fourth-order valence-corrected chi connectivity index (χ4v) is 2.54. The van der Waals surface area contributed by atoms with Crippen molar-refractivity contribution < 1.29 is 33.3 Å². The third kappa shape index (κ3) is 3.95. The number of ether oxygens (including phenoxy) is 5. The van der Waals surface area contributed by atoms with Crippen molar-refractivity contribution in [3.63, 3.8) is 0 Å². The molecule has 0 fully saturated rings. The number of fused-ring (bicyclic) bond motifs is 2. The first-order chi connectivity index (χ1) is 13.2. The van der Waals surface area contributed by atoms with Gasteiger partial charge in [0.25, 0.3) is 5.91 Å². The quantitative estimate of drug-likeness (QED) is 0.639. The minimum absolute atomic E-state index is 0.153. The SMILES string of the molecule is O=C(COC(=O)/C=C/c1ccc2c(c1)OCO2)Nc1ccc2c(c1)OCO2. The highest BCUT2D eigenvalue weighted by Gasteiger charge is 2.15. The van der Waals surface area contributed by atoms with Gasteiger partial charge in [-0.05, 0) is 35.9 Å². The Morgan fingerprint density at radius 2 is 1.59 bits per heavy atom. The molecule has 8 heteroatoms. The Kier molecular flexibility index (Phi) is 4.52. The number of carbonyl (C=O) groups excluding carboxylic acids is 2. The Morgan fingerprint density at radius 3 is 2.37 bits per heavy atom. The third-order valence-corrected chi connectivity index (χ3v) is 3.81. The summed E-state index contributed by atoms with van der Waals surface area (Å²) < 4.78 is 25.9. The highest BCUT2D eigenvalue weighted by Crippen LogP contribution is 2.34. The zero-order chi connectivity index (χ0) is 18.6. The van der Waals surface area contributed by atoms with E-state index >= 15 is 0 Å². The maximum absolute atomic E-state index is 11.9. The normalized spacial score (nSPS) is 13.6. The molecular weight excluding hydrogens is 354 g/mol. The summed E-state index contributed by atoms with van der Waals surface area (Å²) in [6.07, 6.45) is 2.81. The predicted octanol–water partition coefficient (Wildman–Crippen LogP) is 2.34. The second-order valence-corrected chi connectivity index (χ2v) is 5.67. The van der Waals surface area contributed by atoms with Gasteiger partial charge < -0.3 is 29.0 Å². The van der Waals surface area contributed by atoms with Crippen molar-refractivity contribution in [2.24, 2.45) is 0 Å². The van der Waals surface area contributed by atoms with Crippen LogP contribution in [0.3, 0.4) is 0 Å². The summed E-state index contributed by atoms with van der Waals surface area (Å²) in [5.74, 6) is 1.36. The number of benzene rings is 2. The van der Waals surface area contributed by atoms with Crippen LogP contribution in [-0.4, -0.2) is 32.1 Å². The maximum atomic E-state index is 11.9. The molecule has 0 saturated carbocycles. The van der Waals surface area contributed by atoms with E-state index < -0.39 is 18.5 Å². The van der Waals surface area contributed by atoms with Crippen LogP contribution in [0.2, 0.25) is 0 Å². The first-order valence-electron chi connectivity index (χ1n) is 8.11. The van der Waals surface area contributed by atoms with Crippen LogP contribution in [0.4, 0.5) is 5.69 Å². The van der Waals surface area contributed by atoms with E-state index in [-0.39, 0.29) is 13.6 Å². The van der Waals surface area contributed by atoms with E-state index in [1.165, 1.54) is 6.08 Å². The largest absolute Gasteiger partial charge is 0.454 e. The molecule has 0 radical (unpaired) electrons. The average molecular weight is 369 g/mol. The van der Waals surface area contributed by atoms with Gasteiger partial charge in [0, 0.05) is 17.8 Å². The minimum atomic E-state index is -0.631. The van der Waals surface area contributed by atoms with Crippen molar-refractivity contribution in [3.05, 3.63) is 48.0 Å². The van der Waals surface area contributed by atoms with Crippen molar-refractivity contribution in [2.75, 3.05) is 25.5 Å². The molecule has 8 nitrogen and oxygen atoms in total. The molecule has 1 N–H and O–H groups in total. The van der Waals surface area contributed by atoms with Crippen LogP contribution in [0.5, 0.6) is 23.0 Å². The smallest absolute Gasteiger partial charge is 0.331 e. The predicted molar refractivity (Wildman–Crippen MR) is 93.8 cm³/mol. The van der Waals surface area contributed by atoms with Crippen LogP contribution in [0, 0.1) is 0 Å². The lowest BCUT2D eigenvalue weighted by Gasteiger charge is -2.06. The second-order valence-electron chi connectivity index (χ2n) is 5.67. The number of rotatable bonds is 5. The van der Waals surface area contributed by atoms with Crippen molar-refractivity contribution in [1.82, 2.24) is 0 Å². The Hall–Kier alpha value is -3.68.